The molecule has 2 aromatic rings. The highest BCUT2D eigenvalue weighted by molar-refractivity contribution is 5.37. The first-order valence-electron chi connectivity index (χ1n) is 7.18. The molecule has 0 aliphatic carbocycles. The molecular weight excluding hydrogens is 264 g/mol. The minimum absolute atomic E-state index is 0.412. The van der Waals surface area contributed by atoms with Gasteiger partial charge in [0.25, 0.3) is 0 Å². The Labute approximate surface area is 124 Å². The highest BCUT2D eigenvalue weighted by Gasteiger charge is 2.24. The molecule has 110 valence electrons. The Bertz CT molecular complexity index is 588. The van der Waals surface area contributed by atoms with Crippen LogP contribution in [-0.2, 0) is 6.54 Å². The van der Waals surface area contributed by atoms with Gasteiger partial charge in [0.1, 0.15) is 11.6 Å². The molecule has 1 unspecified atom stereocenters. The van der Waals surface area contributed by atoms with Crippen molar-refractivity contribution in [1.82, 2.24) is 19.9 Å². The van der Waals surface area contributed by atoms with Crippen molar-refractivity contribution in [2.45, 2.75) is 19.5 Å². The van der Waals surface area contributed by atoms with E-state index in [4.69, 9.17) is 5.73 Å². The van der Waals surface area contributed by atoms with Crippen molar-refractivity contribution < 1.29 is 0 Å². The van der Waals surface area contributed by atoms with E-state index in [1.54, 1.807) is 18.6 Å². The van der Waals surface area contributed by atoms with Crippen molar-refractivity contribution in [3.63, 3.8) is 0 Å². The van der Waals surface area contributed by atoms with Gasteiger partial charge < -0.3 is 10.6 Å². The molecule has 0 amide bonds. The van der Waals surface area contributed by atoms with Crippen molar-refractivity contribution in [3.05, 3.63) is 42.5 Å². The average Bonchev–Trinajstić information content (AvgIpc) is 2.48. The van der Waals surface area contributed by atoms with Crippen LogP contribution in [0.5, 0.6) is 0 Å². The molecule has 2 N–H and O–H groups in total. The Balaban J connectivity index is 1.63. The van der Waals surface area contributed by atoms with Gasteiger partial charge in [-0.1, -0.05) is 0 Å². The lowest BCUT2D eigenvalue weighted by atomic mass is 10.1. The van der Waals surface area contributed by atoms with E-state index in [0.717, 1.165) is 32.0 Å². The third-order valence-corrected chi connectivity index (χ3v) is 3.81. The predicted octanol–water partition coefficient (Wildman–Crippen LogP) is 1.16. The lowest BCUT2D eigenvalue weighted by molar-refractivity contribution is 0.220. The second-order valence-corrected chi connectivity index (χ2v) is 5.43. The Morgan fingerprint density at radius 3 is 2.86 bits per heavy atom. The van der Waals surface area contributed by atoms with E-state index in [1.165, 1.54) is 5.56 Å². The molecule has 0 bridgehead atoms. The third-order valence-electron chi connectivity index (χ3n) is 3.81. The Hall–Kier alpha value is -2.21. The van der Waals surface area contributed by atoms with Gasteiger partial charge in [-0.3, -0.25) is 9.88 Å². The summed E-state index contributed by atoms with van der Waals surface area (Å²) in [6.07, 6.45) is 7.05. The second kappa shape index (κ2) is 6.05. The predicted molar refractivity (Wildman–Crippen MR) is 82.8 cm³/mol. The van der Waals surface area contributed by atoms with E-state index in [9.17, 15) is 0 Å². The van der Waals surface area contributed by atoms with Gasteiger partial charge in [-0.05, 0) is 24.6 Å². The summed E-state index contributed by atoms with van der Waals surface area (Å²) in [6, 6.07) is 4.38. The highest BCUT2D eigenvalue weighted by Crippen LogP contribution is 2.18. The van der Waals surface area contributed by atoms with Crippen LogP contribution in [0.2, 0.25) is 0 Å². The zero-order chi connectivity index (χ0) is 14.7. The molecular formula is C15H20N6. The standard InChI is InChI=1S/C15H20N6/c1-12-10-20(11-13-2-3-18-14(16)8-13)6-7-21(12)15-9-17-4-5-19-15/h2-5,8-9,12H,6-7,10-11H2,1H3,(H2,16,18). The van der Waals surface area contributed by atoms with Crippen LogP contribution in [-0.4, -0.2) is 45.5 Å². The lowest BCUT2D eigenvalue weighted by Crippen LogP contribution is -2.51. The topological polar surface area (TPSA) is 71.2 Å². The number of aromatic nitrogens is 3. The zero-order valence-corrected chi connectivity index (χ0v) is 12.2. The quantitative estimate of drug-likeness (QED) is 0.912. The van der Waals surface area contributed by atoms with Gasteiger partial charge in [0.2, 0.25) is 0 Å². The number of piperazine rings is 1. The van der Waals surface area contributed by atoms with Gasteiger partial charge in [-0.25, -0.2) is 9.97 Å². The fourth-order valence-electron chi connectivity index (χ4n) is 2.81. The number of pyridine rings is 1. The van der Waals surface area contributed by atoms with Crippen LogP contribution in [0.1, 0.15) is 12.5 Å². The van der Waals surface area contributed by atoms with E-state index in [0.29, 0.717) is 11.9 Å². The largest absolute Gasteiger partial charge is 0.384 e. The molecule has 0 radical (unpaired) electrons. The fourth-order valence-corrected chi connectivity index (χ4v) is 2.81. The van der Waals surface area contributed by atoms with Crippen LogP contribution in [0.15, 0.2) is 36.9 Å². The van der Waals surface area contributed by atoms with Crippen LogP contribution >= 0.6 is 0 Å². The highest BCUT2D eigenvalue weighted by atomic mass is 15.3. The summed E-state index contributed by atoms with van der Waals surface area (Å²) in [4.78, 5) is 17.3. The van der Waals surface area contributed by atoms with E-state index >= 15 is 0 Å². The molecule has 21 heavy (non-hydrogen) atoms. The first-order chi connectivity index (χ1) is 10.2. The smallest absolute Gasteiger partial charge is 0.147 e. The Morgan fingerprint density at radius 1 is 1.24 bits per heavy atom. The minimum atomic E-state index is 0.412. The van der Waals surface area contributed by atoms with Crippen molar-refractivity contribution in [1.29, 1.82) is 0 Å². The van der Waals surface area contributed by atoms with Crippen molar-refractivity contribution in [3.8, 4) is 0 Å². The SMILES string of the molecule is CC1CN(Cc2ccnc(N)c2)CCN1c1cnccn1. The maximum absolute atomic E-state index is 5.74. The van der Waals surface area contributed by atoms with Crippen LogP contribution in [0, 0.1) is 0 Å². The molecule has 0 saturated carbocycles. The van der Waals surface area contributed by atoms with Crippen LogP contribution in [0.25, 0.3) is 0 Å². The zero-order valence-electron chi connectivity index (χ0n) is 12.2. The van der Waals surface area contributed by atoms with Crippen LogP contribution < -0.4 is 10.6 Å². The van der Waals surface area contributed by atoms with E-state index in [-0.39, 0.29) is 0 Å². The summed E-state index contributed by atoms with van der Waals surface area (Å²) in [5.41, 5.74) is 6.95. The van der Waals surface area contributed by atoms with Crippen molar-refractivity contribution >= 4 is 11.6 Å². The summed E-state index contributed by atoms with van der Waals surface area (Å²) in [6.45, 7) is 6.09. The van der Waals surface area contributed by atoms with Gasteiger partial charge >= 0.3 is 0 Å². The van der Waals surface area contributed by atoms with Gasteiger partial charge in [0.05, 0.1) is 6.20 Å². The summed E-state index contributed by atoms with van der Waals surface area (Å²) in [7, 11) is 0. The van der Waals surface area contributed by atoms with E-state index in [2.05, 4.69) is 31.7 Å². The molecule has 1 atom stereocenters. The summed E-state index contributed by atoms with van der Waals surface area (Å²) < 4.78 is 0. The maximum atomic E-state index is 5.74. The molecule has 6 nitrogen and oxygen atoms in total. The number of anilines is 2. The molecule has 0 aromatic carbocycles. The fraction of sp³-hybridized carbons (Fsp3) is 0.400. The van der Waals surface area contributed by atoms with E-state index in [1.807, 2.05) is 18.3 Å². The molecule has 6 heteroatoms. The van der Waals surface area contributed by atoms with Crippen molar-refractivity contribution in [2.75, 3.05) is 30.3 Å². The number of nitrogens with zero attached hydrogens (tertiary/aromatic N) is 5. The monoisotopic (exact) mass is 284 g/mol. The molecule has 2 aromatic heterocycles. The Morgan fingerprint density at radius 2 is 2.14 bits per heavy atom. The first kappa shape index (κ1) is 13.8. The van der Waals surface area contributed by atoms with Gasteiger partial charge in [0, 0.05) is 50.8 Å². The molecule has 1 saturated heterocycles. The van der Waals surface area contributed by atoms with Gasteiger partial charge in [-0.15, -0.1) is 0 Å². The normalized spacial score (nSPS) is 19.7. The van der Waals surface area contributed by atoms with Crippen molar-refractivity contribution in [2.24, 2.45) is 0 Å². The number of hydrogen-bond donors (Lipinski definition) is 1. The molecule has 3 rings (SSSR count). The van der Waals surface area contributed by atoms with Gasteiger partial charge in [-0.2, -0.15) is 0 Å². The number of nitrogens with two attached hydrogens (primary N) is 1. The third kappa shape index (κ3) is 3.28. The lowest BCUT2D eigenvalue weighted by Gasteiger charge is -2.40. The molecule has 1 aliphatic rings. The summed E-state index contributed by atoms with van der Waals surface area (Å²) >= 11 is 0. The minimum Gasteiger partial charge on any atom is -0.384 e. The average molecular weight is 284 g/mol. The second-order valence-electron chi connectivity index (χ2n) is 5.43. The van der Waals surface area contributed by atoms with E-state index < -0.39 is 0 Å². The number of rotatable bonds is 3. The van der Waals surface area contributed by atoms with Crippen LogP contribution in [0.4, 0.5) is 11.6 Å². The number of hydrogen-bond acceptors (Lipinski definition) is 6. The molecule has 1 fully saturated rings. The maximum Gasteiger partial charge on any atom is 0.147 e. The first-order valence-corrected chi connectivity index (χ1v) is 7.18. The van der Waals surface area contributed by atoms with Gasteiger partial charge in [0.15, 0.2) is 0 Å². The molecule has 1 aliphatic heterocycles. The molecule has 0 spiro atoms. The summed E-state index contributed by atoms with van der Waals surface area (Å²) in [5.74, 6) is 1.54. The summed E-state index contributed by atoms with van der Waals surface area (Å²) in [5, 5.41) is 0. The number of nitrogen functional groups attached to an aromatic ring is 1. The van der Waals surface area contributed by atoms with Crippen LogP contribution in [0.3, 0.4) is 0 Å². The molecule has 3 heterocycles. The Kier molecular flexibility index (Phi) is 3.96.